The van der Waals surface area contributed by atoms with Crippen molar-refractivity contribution < 1.29 is 4.39 Å². The van der Waals surface area contributed by atoms with Gasteiger partial charge in [0, 0.05) is 29.4 Å². The van der Waals surface area contributed by atoms with Crippen molar-refractivity contribution >= 4 is 11.6 Å². The fourth-order valence-electron chi connectivity index (χ4n) is 1.55. The molecule has 2 aromatic rings. The van der Waals surface area contributed by atoms with E-state index in [1.165, 1.54) is 12.1 Å². The van der Waals surface area contributed by atoms with E-state index in [-0.39, 0.29) is 5.82 Å². The smallest absolute Gasteiger partial charge is 0.124 e. The van der Waals surface area contributed by atoms with Crippen molar-refractivity contribution in [1.29, 1.82) is 0 Å². The molecule has 90 valence electrons. The first-order chi connectivity index (χ1) is 8.16. The second-order valence-electron chi connectivity index (χ2n) is 3.86. The zero-order valence-corrected chi connectivity index (χ0v) is 10.2. The molecule has 1 aromatic carbocycles. The molecule has 1 heterocycles. The topological polar surface area (TPSA) is 40.7 Å². The summed E-state index contributed by atoms with van der Waals surface area (Å²) in [4.78, 5) is 0. The highest BCUT2D eigenvalue weighted by Crippen LogP contribution is 2.17. The van der Waals surface area contributed by atoms with Crippen LogP contribution in [0.1, 0.15) is 16.8 Å². The average Bonchev–Trinajstić information content (AvgIpc) is 2.68. The SMILES string of the molecule is Cc1[nH]ncc1CNCc1ccc(F)cc1Cl. The van der Waals surface area contributed by atoms with Crippen molar-refractivity contribution in [1.82, 2.24) is 15.5 Å². The molecule has 17 heavy (non-hydrogen) atoms. The van der Waals surface area contributed by atoms with Crippen molar-refractivity contribution in [2.45, 2.75) is 20.0 Å². The van der Waals surface area contributed by atoms with Crippen LogP contribution in [-0.2, 0) is 13.1 Å². The second-order valence-corrected chi connectivity index (χ2v) is 4.27. The van der Waals surface area contributed by atoms with E-state index in [2.05, 4.69) is 15.5 Å². The fraction of sp³-hybridized carbons (Fsp3) is 0.250. The second kappa shape index (κ2) is 5.29. The third-order valence-corrected chi connectivity index (χ3v) is 2.93. The quantitative estimate of drug-likeness (QED) is 0.880. The van der Waals surface area contributed by atoms with Gasteiger partial charge in [0.25, 0.3) is 0 Å². The molecule has 0 aliphatic rings. The third kappa shape index (κ3) is 3.05. The van der Waals surface area contributed by atoms with Gasteiger partial charge < -0.3 is 5.32 Å². The standard InChI is InChI=1S/C12H13ClFN3/c1-8-10(7-16-17-8)6-15-5-9-2-3-11(14)4-12(9)13/h2-4,7,15H,5-6H2,1H3,(H,16,17). The van der Waals surface area contributed by atoms with Crippen molar-refractivity contribution in [2.75, 3.05) is 0 Å². The minimum absolute atomic E-state index is 0.315. The normalized spacial score (nSPS) is 10.8. The van der Waals surface area contributed by atoms with E-state index in [0.717, 1.165) is 16.8 Å². The van der Waals surface area contributed by atoms with Crippen LogP contribution in [0.2, 0.25) is 5.02 Å². The lowest BCUT2D eigenvalue weighted by Gasteiger charge is -2.06. The van der Waals surface area contributed by atoms with Crippen molar-refractivity contribution in [3.8, 4) is 0 Å². The Labute approximate surface area is 104 Å². The molecule has 0 aliphatic heterocycles. The molecule has 2 rings (SSSR count). The molecule has 3 nitrogen and oxygen atoms in total. The fourth-order valence-corrected chi connectivity index (χ4v) is 1.78. The molecule has 0 bridgehead atoms. The molecule has 0 atom stereocenters. The molecular formula is C12H13ClFN3. The van der Waals surface area contributed by atoms with Crippen LogP contribution >= 0.6 is 11.6 Å². The average molecular weight is 254 g/mol. The molecule has 0 saturated heterocycles. The molecule has 0 saturated carbocycles. The van der Waals surface area contributed by atoms with E-state index in [1.807, 2.05) is 6.92 Å². The number of nitrogens with one attached hydrogen (secondary N) is 2. The maximum Gasteiger partial charge on any atom is 0.124 e. The van der Waals surface area contributed by atoms with E-state index in [4.69, 9.17) is 11.6 Å². The van der Waals surface area contributed by atoms with Crippen LogP contribution in [0.4, 0.5) is 4.39 Å². The number of benzene rings is 1. The number of aromatic nitrogens is 2. The van der Waals surface area contributed by atoms with Gasteiger partial charge in [-0.2, -0.15) is 5.10 Å². The Morgan fingerprint density at radius 1 is 1.35 bits per heavy atom. The van der Waals surface area contributed by atoms with Gasteiger partial charge in [0.2, 0.25) is 0 Å². The van der Waals surface area contributed by atoms with Crippen molar-refractivity contribution in [3.63, 3.8) is 0 Å². The summed E-state index contributed by atoms with van der Waals surface area (Å²) in [5, 5.41) is 10.5. The van der Waals surface area contributed by atoms with Crippen LogP contribution in [0.3, 0.4) is 0 Å². The molecule has 0 spiro atoms. The summed E-state index contributed by atoms with van der Waals surface area (Å²) < 4.78 is 12.8. The number of hydrogen-bond acceptors (Lipinski definition) is 2. The summed E-state index contributed by atoms with van der Waals surface area (Å²) in [6.07, 6.45) is 1.79. The van der Waals surface area contributed by atoms with Crippen LogP contribution in [0, 0.1) is 12.7 Å². The number of hydrogen-bond donors (Lipinski definition) is 2. The summed E-state index contributed by atoms with van der Waals surface area (Å²) in [5.74, 6) is -0.315. The van der Waals surface area contributed by atoms with Gasteiger partial charge >= 0.3 is 0 Å². The summed E-state index contributed by atoms with van der Waals surface area (Å²) in [7, 11) is 0. The monoisotopic (exact) mass is 253 g/mol. The Morgan fingerprint density at radius 3 is 2.76 bits per heavy atom. The summed E-state index contributed by atoms with van der Waals surface area (Å²) >= 11 is 5.92. The first kappa shape index (κ1) is 12.1. The molecule has 0 unspecified atom stereocenters. The van der Waals surface area contributed by atoms with Crippen LogP contribution in [0.25, 0.3) is 0 Å². The predicted octanol–water partition coefficient (Wildman–Crippen LogP) is 2.80. The molecule has 5 heteroatoms. The minimum atomic E-state index is -0.315. The van der Waals surface area contributed by atoms with Gasteiger partial charge in [-0.05, 0) is 24.6 Å². The number of halogens is 2. The van der Waals surface area contributed by atoms with Crippen LogP contribution in [0.15, 0.2) is 24.4 Å². The van der Waals surface area contributed by atoms with E-state index in [0.29, 0.717) is 18.1 Å². The molecule has 0 aliphatic carbocycles. The van der Waals surface area contributed by atoms with E-state index in [1.54, 1.807) is 12.3 Å². The van der Waals surface area contributed by atoms with Crippen LogP contribution < -0.4 is 5.32 Å². The molecule has 1 aromatic heterocycles. The Bertz CT molecular complexity index is 510. The highest BCUT2D eigenvalue weighted by molar-refractivity contribution is 6.31. The zero-order chi connectivity index (χ0) is 12.3. The van der Waals surface area contributed by atoms with Crippen molar-refractivity contribution in [3.05, 3.63) is 52.1 Å². The van der Waals surface area contributed by atoms with E-state index < -0.39 is 0 Å². The first-order valence-corrected chi connectivity index (χ1v) is 5.68. The predicted molar refractivity (Wildman–Crippen MR) is 65.3 cm³/mol. The Kier molecular flexibility index (Phi) is 3.76. The molecular weight excluding hydrogens is 241 g/mol. The maximum absolute atomic E-state index is 12.8. The van der Waals surface area contributed by atoms with Crippen LogP contribution in [0.5, 0.6) is 0 Å². The Hall–Kier alpha value is -1.39. The molecule has 0 fully saturated rings. The largest absolute Gasteiger partial charge is 0.308 e. The number of rotatable bonds is 4. The van der Waals surface area contributed by atoms with E-state index >= 15 is 0 Å². The number of nitrogens with zero attached hydrogens (tertiary/aromatic N) is 1. The number of aromatic amines is 1. The molecule has 0 amide bonds. The highest BCUT2D eigenvalue weighted by Gasteiger charge is 2.03. The van der Waals surface area contributed by atoms with Gasteiger partial charge in [-0.3, -0.25) is 5.10 Å². The maximum atomic E-state index is 12.8. The lowest BCUT2D eigenvalue weighted by atomic mass is 10.2. The van der Waals surface area contributed by atoms with E-state index in [9.17, 15) is 4.39 Å². The van der Waals surface area contributed by atoms with Gasteiger partial charge in [-0.1, -0.05) is 17.7 Å². The number of H-pyrrole nitrogens is 1. The lowest BCUT2D eigenvalue weighted by Crippen LogP contribution is -2.13. The minimum Gasteiger partial charge on any atom is -0.308 e. The Morgan fingerprint density at radius 2 is 2.12 bits per heavy atom. The first-order valence-electron chi connectivity index (χ1n) is 5.30. The molecule has 2 N–H and O–H groups in total. The lowest BCUT2D eigenvalue weighted by molar-refractivity contribution is 0.625. The van der Waals surface area contributed by atoms with Gasteiger partial charge in [-0.25, -0.2) is 4.39 Å². The van der Waals surface area contributed by atoms with Gasteiger partial charge in [0.05, 0.1) is 6.20 Å². The van der Waals surface area contributed by atoms with Gasteiger partial charge in [-0.15, -0.1) is 0 Å². The van der Waals surface area contributed by atoms with Gasteiger partial charge in [0.1, 0.15) is 5.82 Å². The highest BCUT2D eigenvalue weighted by atomic mass is 35.5. The number of aryl methyl sites for hydroxylation is 1. The summed E-state index contributed by atoms with van der Waals surface area (Å²) in [6, 6.07) is 4.42. The zero-order valence-electron chi connectivity index (χ0n) is 9.43. The molecule has 0 radical (unpaired) electrons. The Balaban J connectivity index is 1.92. The summed E-state index contributed by atoms with van der Waals surface area (Å²) in [5.41, 5.74) is 3.04. The third-order valence-electron chi connectivity index (χ3n) is 2.58. The van der Waals surface area contributed by atoms with Gasteiger partial charge in [0.15, 0.2) is 0 Å². The summed E-state index contributed by atoms with van der Waals surface area (Å²) in [6.45, 7) is 3.27. The van der Waals surface area contributed by atoms with Crippen molar-refractivity contribution in [2.24, 2.45) is 0 Å². The van der Waals surface area contributed by atoms with Crippen LogP contribution in [-0.4, -0.2) is 10.2 Å².